The molecule has 0 saturated heterocycles. The largest absolute Gasteiger partial charge is 0.497 e. The summed E-state index contributed by atoms with van der Waals surface area (Å²) in [6.07, 6.45) is 0. The normalized spacial score (nSPS) is 11.2. The number of alkyl halides is 1. The molecule has 0 atom stereocenters. The van der Waals surface area contributed by atoms with E-state index in [-0.39, 0.29) is 17.3 Å². The maximum Gasteiger partial charge on any atom is 0.233 e. The van der Waals surface area contributed by atoms with Gasteiger partial charge in [-0.3, -0.25) is 4.72 Å². The molecule has 0 saturated carbocycles. The summed E-state index contributed by atoms with van der Waals surface area (Å²) in [7, 11) is -2.20. The number of hydrogen-bond donors (Lipinski definition) is 1. The summed E-state index contributed by atoms with van der Waals surface area (Å²) in [5, 5.41) is 0. The van der Waals surface area contributed by atoms with Crippen LogP contribution in [-0.2, 0) is 10.0 Å². The van der Waals surface area contributed by atoms with Crippen molar-refractivity contribution < 1.29 is 17.5 Å². The van der Waals surface area contributed by atoms with Crippen molar-refractivity contribution in [2.24, 2.45) is 0 Å². The van der Waals surface area contributed by atoms with Gasteiger partial charge in [0, 0.05) is 11.9 Å². The molecule has 7 heteroatoms. The molecule has 1 aromatic carbocycles. The van der Waals surface area contributed by atoms with Gasteiger partial charge in [0.2, 0.25) is 10.0 Å². The topological polar surface area (TPSA) is 55.4 Å². The van der Waals surface area contributed by atoms with Gasteiger partial charge in [0.1, 0.15) is 11.6 Å². The molecular weight excluding hydrogens is 257 g/mol. The fraction of sp³-hybridized carbons (Fsp3) is 0.333. The number of rotatable bonds is 5. The van der Waals surface area contributed by atoms with Gasteiger partial charge in [0.05, 0.1) is 18.6 Å². The fourth-order valence-electron chi connectivity index (χ4n) is 1.03. The zero-order valence-corrected chi connectivity index (χ0v) is 10.1. The minimum Gasteiger partial charge on any atom is -0.497 e. The van der Waals surface area contributed by atoms with Crippen LogP contribution in [-0.4, -0.2) is 27.2 Å². The number of hydrogen-bond acceptors (Lipinski definition) is 3. The van der Waals surface area contributed by atoms with Crippen LogP contribution in [0.4, 0.5) is 10.1 Å². The van der Waals surface area contributed by atoms with Gasteiger partial charge < -0.3 is 4.74 Å². The van der Waals surface area contributed by atoms with Crippen molar-refractivity contribution in [3.63, 3.8) is 0 Å². The first-order valence-corrected chi connectivity index (χ1v) is 6.57. The van der Waals surface area contributed by atoms with Crippen molar-refractivity contribution in [3.8, 4) is 5.75 Å². The standard InChI is InChI=1S/C9H11ClFNO3S/c1-15-7-2-3-8(11)9(6-7)12-16(13,14)5-4-10/h2-3,6,12H,4-5H2,1H3. The number of ether oxygens (including phenoxy) is 1. The van der Waals surface area contributed by atoms with E-state index in [1.54, 1.807) is 0 Å². The predicted molar refractivity (Wildman–Crippen MR) is 61.1 cm³/mol. The third-order valence-corrected chi connectivity index (χ3v) is 3.47. The molecular formula is C9H11ClFNO3S. The second kappa shape index (κ2) is 5.36. The fourth-order valence-corrected chi connectivity index (χ4v) is 2.44. The monoisotopic (exact) mass is 267 g/mol. The number of benzene rings is 1. The first-order chi connectivity index (χ1) is 7.48. The Hall–Kier alpha value is -1.01. The zero-order chi connectivity index (χ0) is 12.2. The van der Waals surface area contributed by atoms with Gasteiger partial charge in [-0.25, -0.2) is 12.8 Å². The highest BCUT2D eigenvalue weighted by Crippen LogP contribution is 2.22. The molecule has 0 spiro atoms. The number of anilines is 1. The van der Waals surface area contributed by atoms with Crippen LogP contribution >= 0.6 is 11.6 Å². The zero-order valence-electron chi connectivity index (χ0n) is 8.54. The van der Waals surface area contributed by atoms with Gasteiger partial charge in [-0.2, -0.15) is 0 Å². The highest BCUT2D eigenvalue weighted by molar-refractivity contribution is 7.92. The van der Waals surface area contributed by atoms with Gasteiger partial charge in [-0.15, -0.1) is 11.6 Å². The van der Waals surface area contributed by atoms with E-state index in [4.69, 9.17) is 16.3 Å². The van der Waals surface area contributed by atoms with E-state index in [2.05, 4.69) is 4.72 Å². The van der Waals surface area contributed by atoms with E-state index < -0.39 is 15.8 Å². The van der Waals surface area contributed by atoms with E-state index in [1.807, 2.05) is 0 Å². The number of nitrogens with one attached hydrogen (secondary N) is 1. The number of sulfonamides is 1. The summed E-state index contributed by atoms with van der Waals surface area (Å²) in [5.41, 5.74) is -0.149. The molecule has 1 rings (SSSR count). The number of methoxy groups -OCH3 is 1. The molecule has 1 aromatic rings. The van der Waals surface area contributed by atoms with Gasteiger partial charge in [0.15, 0.2) is 0 Å². The quantitative estimate of drug-likeness (QED) is 0.828. The van der Waals surface area contributed by atoms with Crippen molar-refractivity contribution in [2.75, 3.05) is 23.5 Å². The SMILES string of the molecule is COc1ccc(F)c(NS(=O)(=O)CCCl)c1. The lowest BCUT2D eigenvalue weighted by Crippen LogP contribution is -2.18. The molecule has 0 heterocycles. The lowest BCUT2D eigenvalue weighted by molar-refractivity contribution is 0.414. The van der Waals surface area contributed by atoms with Crippen molar-refractivity contribution in [3.05, 3.63) is 24.0 Å². The highest BCUT2D eigenvalue weighted by atomic mass is 35.5. The lowest BCUT2D eigenvalue weighted by atomic mass is 10.3. The van der Waals surface area contributed by atoms with E-state index >= 15 is 0 Å². The average Bonchev–Trinajstić information content (AvgIpc) is 2.21. The predicted octanol–water partition coefficient (Wildman–Crippen LogP) is 1.81. The van der Waals surface area contributed by atoms with Crippen molar-refractivity contribution in [1.82, 2.24) is 0 Å². The second-order valence-corrected chi connectivity index (χ2v) is 5.18. The summed E-state index contributed by atoms with van der Waals surface area (Å²) in [6.45, 7) is 0. The third kappa shape index (κ3) is 3.53. The molecule has 1 N–H and O–H groups in total. The van der Waals surface area contributed by atoms with Gasteiger partial charge >= 0.3 is 0 Å². The van der Waals surface area contributed by atoms with Crippen LogP contribution in [0.1, 0.15) is 0 Å². The Kier molecular flexibility index (Phi) is 4.37. The maximum atomic E-state index is 13.3. The molecule has 0 fully saturated rings. The minimum atomic E-state index is -3.61. The Balaban J connectivity index is 2.96. The van der Waals surface area contributed by atoms with Crippen molar-refractivity contribution >= 4 is 27.3 Å². The van der Waals surface area contributed by atoms with Crippen LogP contribution in [0.15, 0.2) is 18.2 Å². The summed E-state index contributed by atoms with van der Waals surface area (Å²) in [5.74, 6) is -0.629. The third-order valence-electron chi connectivity index (χ3n) is 1.78. The van der Waals surface area contributed by atoms with Crippen LogP contribution in [0.5, 0.6) is 5.75 Å². The number of halogens is 2. The molecule has 16 heavy (non-hydrogen) atoms. The van der Waals surface area contributed by atoms with E-state index in [0.29, 0.717) is 5.75 Å². The Labute approximate surface area is 98.4 Å². The Morgan fingerprint density at radius 2 is 2.19 bits per heavy atom. The van der Waals surface area contributed by atoms with E-state index in [0.717, 1.165) is 6.07 Å². The molecule has 90 valence electrons. The minimum absolute atomic E-state index is 0.0546. The van der Waals surface area contributed by atoms with E-state index in [9.17, 15) is 12.8 Å². The maximum absolute atomic E-state index is 13.3. The molecule has 0 unspecified atom stereocenters. The summed E-state index contributed by atoms with van der Waals surface area (Å²) < 4.78 is 42.9. The molecule has 0 aromatic heterocycles. The smallest absolute Gasteiger partial charge is 0.233 e. The molecule has 0 bridgehead atoms. The summed E-state index contributed by atoms with van der Waals surface area (Å²) >= 11 is 5.31. The molecule has 0 aliphatic rings. The van der Waals surface area contributed by atoms with Gasteiger partial charge in [0.25, 0.3) is 0 Å². The van der Waals surface area contributed by atoms with Crippen LogP contribution in [0, 0.1) is 5.82 Å². The molecule has 0 radical (unpaired) electrons. The first-order valence-electron chi connectivity index (χ1n) is 4.38. The highest BCUT2D eigenvalue weighted by Gasteiger charge is 2.13. The van der Waals surface area contributed by atoms with Crippen LogP contribution in [0.3, 0.4) is 0 Å². The van der Waals surface area contributed by atoms with Crippen LogP contribution in [0.25, 0.3) is 0 Å². The summed E-state index contributed by atoms with van der Waals surface area (Å²) in [4.78, 5) is 0. The second-order valence-electron chi connectivity index (χ2n) is 2.96. The molecule has 0 aliphatic carbocycles. The molecule has 0 amide bonds. The summed E-state index contributed by atoms with van der Waals surface area (Å²) in [6, 6.07) is 3.78. The first kappa shape index (κ1) is 13.1. The molecule has 0 aliphatic heterocycles. The van der Waals surface area contributed by atoms with Gasteiger partial charge in [-0.1, -0.05) is 0 Å². The average molecular weight is 268 g/mol. The Morgan fingerprint density at radius 1 is 1.50 bits per heavy atom. The van der Waals surface area contributed by atoms with Gasteiger partial charge in [-0.05, 0) is 12.1 Å². The van der Waals surface area contributed by atoms with Crippen LogP contribution in [0.2, 0.25) is 0 Å². The molecule has 4 nitrogen and oxygen atoms in total. The lowest BCUT2D eigenvalue weighted by Gasteiger charge is -2.09. The Bertz CT molecular complexity index is 464. The van der Waals surface area contributed by atoms with Crippen LogP contribution < -0.4 is 9.46 Å². The van der Waals surface area contributed by atoms with Crippen molar-refractivity contribution in [1.29, 1.82) is 0 Å². The Morgan fingerprint density at radius 3 is 2.75 bits per heavy atom. The van der Waals surface area contributed by atoms with E-state index in [1.165, 1.54) is 19.2 Å². The van der Waals surface area contributed by atoms with Crippen molar-refractivity contribution in [2.45, 2.75) is 0 Å².